The molecule has 1 nitrogen and oxygen atoms in total. The number of fused-ring (bicyclic) bond motifs is 8. The van der Waals surface area contributed by atoms with Gasteiger partial charge >= 0.3 is 0 Å². The van der Waals surface area contributed by atoms with E-state index in [0.717, 1.165) is 17.1 Å². The van der Waals surface area contributed by atoms with Crippen molar-refractivity contribution < 1.29 is 0 Å². The van der Waals surface area contributed by atoms with E-state index in [9.17, 15) is 0 Å². The Morgan fingerprint density at radius 1 is 0.418 bits per heavy atom. The van der Waals surface area contributed by atoms with Crippen molar-refractivity contribution in [1.82, 2.24) is 0 Å². The summed E-state index contributed by atoms with van der Waals surface area (Å²) in [6.45, 7) is 0. The zero-order chi connectivity index (χ0) is 44.4. The second-order valence-corrected chi connectivity index (χ2v) is 19.0. The van der Waals surface area contributed by atoms with Crippen molar-refractivity contribution in [1.29, 1.82) is 0 Å². The number of hydrogen-bond acceptors (Lipinski definition) is 1. The van der Waals surface area contributed by atoms with E-state index in [1.807, 2.05) is 0 Å². The summed E-state index contributed by atoms with van der Waals surface area (Å²) in [5, 5.41) is 0. The van der Waals surface area contributed by atoms with Crippen molar-refractivity contribution in [2.45, 2.75) is 47.8 Å². The van der Waals surface area contributed by atoms with Crippen molar-refractivity contribution in [2.75, 3.05) is 4.90 Å². The van der Waals surface area contributed by atoms with Crippen LogP contribution >= 0.6 is 0 Å². The second-order valence-electron chi connectivity index (χ2n) is 19.0. The molecule has 9 aromatic rings. The lowest BCUT2D eigenvalue weighted by Crippen LogP contribution is -2.35. The van der Waals surface area contributed by atoms with Gasteiger partial charge in [0.05, 0.1) is 10.8 Å². The van der Waals surface area contributed by atoms with Crippen LogP contribution < -0.4 is 4.90 Å². The van der Waals surface area contributed by atoms with E-state index in [4.69, 9.17) is 0 Å². The van der Waals surface area contributed by atoms with Gasteiger partial charge in [-0.3, -0.25) is 0 Å². The Morgan fingerprint density at radius 3 is 1.63 bits per heavy atom. The van der Waals surface area contributed by atoms with Crippen molar-refractivity contribution in [3.05, 3.63) is 310 Å². The second kappa shape index (κ2) is 16.0. The first-order chi connectivity index (χ1) is 33.2. The SMILES string of the molecule is C1=CC(c2ccc(N(c3ccc4c(c3)C3C(C=C4)c4ccccc4C3(c3ccccc3)c3ccccc3)c3ccc4c(c3)C(c3ccccc3)(c3ccccc3)c3ccccc3-4)cc2)CCC1. The smallest absolute Gasteiger partial charge is 0.0714 e. The van der Waals surface area contributed by atoms with Gasteiger partial charge in [-0.2, -0.15) is 0 Å². The van der Waals surface area contributed by atoms with Gasteiger partial charge in [-0.05, 0) is 128 Å². The van der Waals surface area contributed by atoms with Crippen LogP contribution in [0.3, 0.4) is 0 Å². The first-order valence-corrected chi connectivity index (χ1v) is 24.2. The Balaban J connectivity index is 1.05. The monoisotopic (exact) mass is 857 g/mol. The molecular weight excluding hydrogens is 807 g/mol. The van der Waals surface area contributed by atoms with E-state index in [0.29, 0.717) is 5.92 Å². The number of rotatable bonds is 8. The van der Waals surface area contributed by atoms with Crippen molar-refractivity contribution in [3.63, 3.8) is 0 Å². The lowest BCUT2D eigenvalue weighted by Gasteiger charge is -2.42. The molecule has 3 atom stereocenters. The first kappa shape index (κ1) is 39.6. The van der Waals surface area contributed by atoms with Crippen LogP contribution in [0.2, 0.25) is 0 Å². The normalized spacial score (nSPS) is 18.8. The van der Waals surface area contributed by atoms with Gasteiger partial charge in [0.1, 0.15) is 0 Å². The summed E-state index contributed by atoms with van der Waals surface area (Å²) in [5.41, 5.74) is 19.8. The fraction of sp³-hybridized carbons (Fsp3) is 0.121. The molecule has 0 aliphatic heterocycles. The molecule has 0 N–H and O–H groups in total. The minimum absolute atomic E-state index is 0.121. The third-order valence-corrected chi connectivity index (χ3v) is 15.7. The molecular formula is C66H51N. The first-order valence-electron chi connectivity index (χ1n) is 24.2. The predicted octanol–water partition coefficient (Wildman–Crippen LogP) is 16.6. The lowest BCUT2D eigenvalue weighted by molar-refractivity contribution is 0.489. The summed E-state index contributed by atoms with van der Waals surface area (Å²) in [6, 6.07) is 87.3. The van der Waals surface area contributed by atoms with E-state index in [1.54, 1.807) is 0 Å². The summed E-state index contributed by atoms with van der Waals surface area (Å²) in [7, 11) is 0. The molecule has 320 valence electrons. The molecule has 0 bridgehead atoms. The van der Waals surface area contributed by atoms with Crippen molar-refractivity contribution >= 4 is 23.1 Å². The largest absolute Gasteiger partial charge is 0.310 e. The Morgan fingerprint density at radius 2 is 0.970 bits per heavy atom. The average Bonchev–Trinajstić information content (AvgIpc) is 3.89. The highest BCUT2D eigenvalue weighted by Crippen LogP contribution is 2.65. The van der Waals surface area contributed by atoms with Gasteiger partial charge in [-0.15, -0.1) is 0 Å². The molecule has 1 heteroatoms. The number of nitrogens with zero attached hydrogens (tertiary/aromatic N) is 1. The summed E-state index contributed by atoms with van der Waals surface area (Å²) in [5.74, 6) is 0.773. The van der Waals surface area contributed by atoms with Crippen LogP contribution in [0.1, 0.15) is 98.2 Å². The van der Waals surface area contributed by atoms with Crippen molar-refractivity contribution in [2.24, 2.45) is 0 Å². The number of allylic oxidation sites excluding steroid dienone is 3. The van der Waals surface area contributed by atoms with Gasteiger partial charge in [0.25, 0.3) is 0 Å². The Kier molecular flexibility index (Phi) is 9.46. The summed E-state index contributed by atoms with van der Waals surface area (Å²) in [4.78, 5) is 2.53. The Hall–Kier alpha value is -7.74. The Labute approximate surface area is 395 Å². The van der Waals surface area contributed by atoms with E-state index in [1.165, 1.54) is 91.6 Å². The molecule has 0 heterocycles. The van der Waals surface area contributed by atoms with Crippen LogP contribution in [0, 0.1) is 0 Å². The van der Waals surface area contributed by atoms with Gasteiger partial charge in [-0.25, -0.2) is 0 Å². The molecule has 13 rings (SSSR count). The van der Waals surface area contributed by atoms with Crippen molar-refractivity contribution in [3.8, 4) is 11.1 Å². The van der Waals surface area contributed by atoms with Gasteiger partial charge in [0, 0.05) is 34.8 Å². The van der Waals surface area contributed by atoms with Crippen LogP contribution in [0.15, 0.2) is 249 Å². The van der Waals surface area contributed by atoms with Gasteiger partial charge in [0.2, 0.25) is 0 Å². The molecule has 9 aromatic carbocycles. The number of hydrogen-bond donors (Lipinski definition) is 0. The van der Waals surface area contributed by atoms with E-state index >= 15 is 0 Å². The van der Waals surface area contributed by atoms with E-state index in [2.05, 4.69) is 260 Å². The molecule has 0 fully saturated rings. The zero-order valence-electron chi connectivity index (χ0n) is 37.5. The predicted molar refractivity (Wildman–Crippen MR) is 278 cm³/mol. The van der Waals surface area contributed by atoms with Gasteiger partial charge < -0.3 is 4.90 Å². The van der Waals surface area contributed by atoms with Crippen LogP contribution in [0.5, 0.6) is 0 Å². The minimum Gasteiger partial charge on any atom is -0.310 e. The fourth-order valence-electron chi connectivity index (χ4n) is 13.0. The van der Waals surface area contributed by atoms with Crippen LogP contribution in [-0.2, 0) is 10.8 Å². The highest BCUT2D eigenvalue weighted by Gasteiger charge is 2.55. The topological polar surface area (TPSA) is 3.24 Å². The van der Waals surface area contributed by atoms with Crippen LogP contribution in [0.25, 0.3) is 17.2 Å². The summed E-state index contributed by atoms with van der Waals surface area (Å²) < 4.78 is 0. The average molecular weight is 858 g/mol. The number of benzene rings is 9. The molecule has 0 radical (unpaired) electrons. The third kappa shape index (κ3) is 6.00. The maximum Gasteiger partial charge on any atom is 0.0714 e. The third-order valence-electron chi connectivity index (χ3n) is 15.7. The van der Waals surface area contributed by atoms with Gasteiger partial charge in [0.15, 0.2) is 0 Å². The zero-order valence-corrected chi connectivity index (χ0v) is 37.5. The van der Waals surface area contributed by atoms with Gasteiger partial charge in [-0.1, -0.05) is 218 Å². The van der Waals surface area contributed by atoms with Crippen LogP contribution in [-0.4, -0.2) is 0 Å². The Bertz CT molecular complexity index is 3250. The molecule has 4 aliphatic carbocycles. The molecule has 3 unspecified atom stereocenters. The maximum atomic E-state index is 2.55. The molecule has 67 heavy (non-hydrogen) atoms. The summed E-state index contributed by atoms with van der Waals surface area (Å²) in [6.07, 6.45) is 13.3. The van der Waals surface area contributed by atoms with E-state index in [-0.39, 0.29) is 11.8 Å². The van der Waals surface area contributed by atoms with E-state index < -0.39 is 10.8 Å². The maximum absolute atomic E-state index is 2.55. The lowest BCUT2D eigenvalue weighted by atomic mass is 9.60. The molecule has 0 amide bonds. The molecule has 0 spiro atoms. The fourth-order valence-corrected chi connectivity index (χ4v) is 13.0. The molecule has 0 aromatic heterocycles. The van der Waals surface area contributed by atoms with Crippen LogP contribution in [0.4, 0.5) is 17.1 Å². The molecule has 0 saturated heterocycles. The quantitative estimate of drug-likeness (QED) is 0.138. The number of anilines is 3. The minimum atomic E-state index is -0.512. The summed E-state index contributed by atoms with van der Waals surface area (Å²) >= 11 is 0. The highest BCUT2D eigenvalue weighted by molar-refractivity contribution is 5.90. The standard InChI is InChI=1S/C66H51N/c1-6-20-46(21-7-1)47-34-38-53(39-35-47)67(55-41-43-58-56-30-16-18-32-61(56)65(63(58)45-55,49-22-8-2-9-23-49)50-24-10-3-11-25-50)54-40-36-48-37-42-59-57-31-17-19-33-62(57)66(64(59)60(48)44-54,51-26-12-4-13-27-51)52-28-14-5-15-29-52/h2-6,8-20,22-46,59,64H,1,7,21H2. The highest BCUT2D eigenvalue weighted by atomic mass is 15.1. The molecule has 4 aliphatic rings. The molecule has 0 saturated carbocycles.